The van der Waals surface area contributed by atoms with Gasteiger partial charge in [0, 0.05) is 17.1 Å². The molecule has 1 heterocycles. The number of carbonyl (C=O) groups is 1. The van der Waals surface area contributed by atoms with Gasteiger partial charge in [-0.3, -0.25) is 14.6 Å². The van der Waals surface area contributed by atoms with E-state index in [0.29, 0.717) is 6.54 Å². The minimum atomic E-state index is -0.708. The molecule has 0 aliphatic rings. The van der Waals surface area contributed by atoms with Crippen molar-refractivity contribution in [1.82, 2.24) is 15.3 Å². The van der Waals surface area contributed by atoms with E-state index in [0.717, 1.165) is 16.1 Å². The van der Waals surface area contributed by atoms with Crippen LogP contribution < -0.4 is 16.6 Å². The maximum atomic E-state index is 11.8. The second-order valence-electron chi connectivity index (χ2n) is 3.81. The van der Waals surface area contributed by atoms with Crippen molar-refractivity contribution in [1.29, 1.82) is 0 Å². The molecule has 0 atom stereocenters. The van der Waals surface area contributed by atoms with Crippen LogP contribution in [0, 0.1) is 0 Å². The van der Waals surface area contributed by atoms with E-state index in [4.69, 9.17) is 0 Å². The minimum absolute atomic E-state index is 0.0660. The molecule has 1 aromatic carbocycles. The lowest BCUT2D eigenvalue weighted by Crippen LogP contribution is -2.30. The molecule has 0 aliphatic heterocycles. The standard InChI is InChI=1S/C12H10BrN3O3/c13-8-3-1-2-7(4-8)6-14-11(18)9-5-10(17)16-12(19)15-9/h1-5H,6H2,(H,14,18)(H2,15,16,17,19). The zero-order valence-corrected chi connectivity index (χ0v) is 11.3. The highest BCUT2D eigenvalue weighted by molar-refractivity contribution is 9.10. The van der Waals surface area contributed by atoms with Crippen LogP contribution in [0.2, 0.25) is 0 Å². The van der Waals surface area contributed by atoms with E-state index in [2.05, 4.69) is 26.2 Å². The van der Waals surface area contributed by atoms with Crippen LogP contribution in [0.5, 0.6) is 0 Å². The first-order chi connectivity index (χ1) is 9.04. The molecular weight excluding hydrogens is 314 g/mol. The lowest BCUT2D eigenvalue weighted by molar-refractivity contribution is 0.0945. The summed E-state index contributed by atoms with van der Waals surface area (Å²) in [6.45, 7) is 0.299. The first-order valence-corrected chi connectivity index (χ1v) is 6.20. The van der Waals surface area contributed by atoms with Gasteiger partial charge in [0.1, 0.15) is 5.69 Å². The maximum absolute atomic E-state index is 11.8. The first-order valence-electron chi connectivity index (χ1n) is 5.41. The van der Waals surface area contributed by atoms with Gasteiger partial charge in [0.2, 0.25) is 0 Å². The molecule has 19 heavy (non-hydrogen) atoms. The molecule has 0 saturated heterocycles. The second kappa shape index (κ2) is 5.66. The minimum Gasteiger partial charge on any atom is -0.347 e. The van der Waals surface area contributed by atoms with Gasteiger partial charge in [-0.2, -0.15) is 0 Å². The summed E-state index contributed by atoms with van der Waals surface area (Å²) < 4.78 is 0.906. The van der Waals surface area contributed by atoms with Gasteiger partial charge in [0.25, 0.3) is 11.5 Å². The van der Waals surface area contributed by atoms with Gasteiger partial charge in [0.05, 0.1) is 0 Å². The normalized spacial score (nSPS) is 10.2. The summed E-state index contributed by atoms with van der Waals surface area (Å²) >= 11 is 3.33. The molecule has 3 N–H and O–H groups in total. The summed E-state index contributed by atoms with van der Waals surface area (Å²) in [5, 5.41) is 2.61. The SMILES string of the molecule is O=C(NCc1cccc(Br)c1)c1cc(=O)[nH]c(=O)[nH]1. The zero-order chi connectivity index (χ0) is 13.8. The Morgan fingerprint density at radius 3 is 2.68 bits per heavy atom. The van der Waals surface area contributed by atoms with Crippen molar-refractivity contribution in [3.63, 3.8) is 0 Å². The number of hydrogen-bond donors (Lipinski definition) is 3. The maximum Gasteiger partial charge on any atom is 0.326 e. The van der Waals surface area contributed by atoms with E-state index in [1.165, 1.54) is 0 Å². The average Bonchev–Trinajstić information content (AvgIpc) is 2.35. The summed E-state index contributed by atoms with van der Waals surface area (Å²) in [4.78, 5) is 38.1. The summed E-state index contributed by atoms with van der Waals surface area (Å²) in [5.74, 6) is -0.511. The van der Waals surface area contributed by atoms with E-state index in [1.807, 2.05) is 29.2 Å². The molecule has 98 valence electrons. The molecule has 0 fully saturated rings. The lowest BCUT2D eigenvalue weighted by Gasteiger charge is -2.05. The van der Waals surface area contributed by atoms with Crippen molar-refractivity contribution in [3.8, 4) is 0 Å². The van der Waals surface area contributed by atoms with Crippen molar-refractivity contribution >= 4 is 21.8 Å². The van der Waals surface area contributed by atoms with Crippen LogP contribution >= 0.6 is 15.9 Å². The highest BCUT2D eigenvalue weighted by Gasteiger charge is 2.07. The predicted molar refractivity (Wildman–Crippen MR) is 73.0 cm³/mol. The number of nitrogens with one attached hydrogen (secondary N) is 3. The van der Waals surface area contributed by atoms with E-state index in [-0.39, 0.29) is 5.69 Å². The molecule has 1 aromatic heterocycles. The fraction of sp³-hybridized carbons (Fsp3) is 0.0833. The van der Waals surface area contributed by atoms with Crippen LogP contribution in [0.3, 0.4) is 0 Å². The van der Waals surface area contributed by atoms with Crippen LogP contribution in [0.25, 0.3) is 0 Å². The Morgan fingerprint density at radius 1 is 1.21 bits per heavy atom. The summed E-state index contributed by atoms with van der Waals surface area (Å²) in [6.07, 6.45) is 0. The summed E-state index contributed by atoms with van der Waals surface area (Å²) in [6, 6.07) is 8.48. The fourth-order valence-electron chi connectivity index (χ4n) is 1.52. The fourth-order valence-corrected chi connectivity index (χ4v) is 1.96. The van der Waals surface area contributed by atoms with Crippen LogP contribution in [0.1, 0.15) is 16.1 Å². The van der Waals surface area contributed by atoms with Gasteiger partial charge in [-0.15, -0.1) is 0 Å². The number of amides is 1. The molecule has 2 aromatic rings. The van der Waals surface area contributed by atoms with E-state index < -0.39 is 17.2 Å². The van der Waals surface area contributed by atoms with Gasteiger partial charge in [-0.25, -0.2) is 4.79 Å². The third-order valence-corrected chi connectivity index (χ3v) is 2.84. The number of aromatic amines is 2. The molecule has 6 nitrogen and oxygen atoms in total. The molecule has 0 bridgehead atoms. The second-order valence-corrected chi connectivity index (χ2v) is 4.73. The number of benzene rings is 1. The Bertz CT molecular complexity index is 692. The molecule has 0 unspecified atom stereocenters. The topological polar surface area (TPSA) is 94.8 Å². The predicted octanol–water partition coefficient (Wildman–Crippen LogP) is 0.756. The largest absolute Gasteiger partial charge is 0.347 e. The first kappa shape index (κ1) is 13.3. The van der Waals surface area contributed by atoms with Crippen LogP contribution in [-0.2, 0) is 6.54 Å². The third kappa shape index (κ3) is 3.65. The Morgan fingerprint density at radius 2 is 2.00 bits per heavy atom. The van der Waals surface area contributed by atoms with E-state index >= 15 is 0 Å². The molecule has 2 rings (SSSR count). The van der Waals surface area contributed by atoms with Crippen molar-refractivity contribution < 1.29 is 4.79 Å². The number of hydrogen-bond acceptors (Lipinski definition) is 3. The van der Waals surface area contributed by atoms with Crippen molar-refractivity contribution in [2.75, 3.05) is 0 Å². The van der Waals surface area contributed by atoms with E-state index in [1.54, 1.807) is 0 Å². The van der Waals surface area contributed by atoms with Gasteiger partial charge in [-0.1, -0.05) is 28.1 Å². The van der Waals surface area contributed by atoms with Crippen molar-refractivity contribution in [2.45, 2.75) is 6.54 Å². The molecule has 1 amide bonds. The Hall–Kier alpha value is -2.15. The molecule has 0 saturated carbocycles. The highest BCUT2D eigenvalue weighted by Crippen LogP contribution is 2.11. The molecule has 7 heteroatoms. The zero-order valence-electron chi connectivity index (χ0n) is 9.70. The molecule has 0 spiro atoms. The van der Waals surface area contributed by atoms with Crippen LogP contribution in [0.4, 0.5) is 0 Å². The smallest absolute Gasteiger partial charge is 0.326 e. The number of aromatic nitrogens is 2. The van der Waals surface area contributed by atoms with Crippen molar-refractivity contribution in [3.05, 3.63) is 66.9 Å². The lowest BCUT2D eigenvalue weighted by atomic mass is 10.2. The number of rotatable bonds is 3. The van der Waals surface area contributed by atoms with Crippen LogP contribution in [0.15, 0.2) is 44.4 Å². The van der Waals surface area contributed by atoms with Gasteiger partial charge >= 0.3 is 5.69 Å². The molecule has 0 aliphatic carbocycles. The van der Waals surface area contributed by atoms with Crippen molar-refractivity contribution in [2.24, 2.45) is 0 Å². The number of H-pyrrole nitrogens is 2. The number of carbonyl (C=O) groups excluding carboxylic acids is 1. The highest BCUT2D eigenvalue weighted by atomic mass is 79.9. The average molecular weight is 324 g/mol. The summed E-state index contributed by atoms with van der Waals surface area (Å²) in [5.41, 5.74) is -0.491. The molecule has 0 radical (unpaired) electrons. The Balaban J connectivity index is 2.09. The Kier molecular flexibility index (Phi) is 3.96. The van der Waals surface area contributed by atoms with Gasteiger partial charge < -0.3 is 10.3 Å². The Labute approximate surface area is 116 Å². The number of halogens is 1. The van der Waals surface area contributed by atoms with Gasteiger partial charge in [-0.05, 0) is 17.7 Å². The summed E-state index contributed by atoms with van der Waals surface area (Å²) in [7, 11) is 0. The van der Waals surface area contributed by atoms with Crippen LogP contribution in [-0.4, -0.2) is 15.9 Å². The molecular formula is C12H10BrN3O3. The quantitative estimate of drug-likeness (QED) is 0.778. The van der Waals surface area contributed by atoms with E-state index in [9.17, 15) is 14.4 Å². The monoisotopic (exact) mass is 323 g/mol. The third-order valence-electron chi connectivity index (χ3n) is 2.35. The van der Waals surface area contributed by atoms with Gasteiger partial charge in [0.15, 0.2) is 0 Å².